The molecule has 0 aliphatic carbocycles. The molecule has 132 valence electrons. The zero-order valence-electron chi connectivity index (χ0n) is 14.5. The number of rotatable bonds is 7. The molecule has 2 aromatic carbocycles. The average Bonchev–Trinajstić information content (AvgIpc) is 2.61. The van der Waals surface area contributed by atoms with Crippen molar-refractivity contribution in [3.63, 3.8) is 0 Å². The van der Waals surface area contributed by atoms with Gasteiger partial charge in [-0.1, -0.05) is 18.2 Å². The van der Waals surface area contributed by atoms with Gasteiger partial charge in [0.15, 0.2) is 0 Å². The van der Waals surface area contributed by atoms with Crippen LogP contribution in [-0.4, -0.2) is 42.3 Å². The third-order valence-corrected chi connectivity index (χ3v) is 4.63. The molecule has 25 heavy (non-hydrogen) atoms. The van der Waals surface area contributed by atoms with E-state index in [9.17, 15) is 9.59 Å². The number of amides is 1. The second-order valence-corrected chi connectivity index (χ2v) is 6.47. The standard InChI is InChI=1S/C19H21NO4S/c1-20(12-14-6-9-17(25-3)16(10-14)24-2)18(21)11-13-4-7-15(8-5-13)19(22)23/h4-10H,11-12H2,1-3H3,(H,22,23). The minimum absolute atomic E-state index is 0.0315. The summed E-state index contributed by atoms with van der Waals surface area (Å²) >= 11 is 1.61. The van der Waals surface area contributed by atoms with Crippen LogP contribution in [0, 0.1) is 0 Å². The largest absolute Gasteiger partial charge is 0.496 e. The molecule has 5 nitrogen and oxygen atoms in total. The third kappa shape index (κ3) is 5.00. The van der Waals surface area contributed by atoms with Crippen molar-refractivity contribution in [2.24, 2.45) is 0 Å². The SMILES string of the molecule is COc1cc(CN(C)C(=O)Cc2ccc(C(=O)O)cc2)ccc1SC. The molecular formula is C19H21NO4S. The first-order chi connectivity index (χ1) is 11.9. The Bertz CT molecular complexity index is 759. The van der Waals surface area contributed by atoms with Crippen LogP contribution >= 0.6 is 11.8 Å². The number of carboxylic acid groups (broad SMARTS) is 1. The number of benzene rings is 2. The summed E-state index contributed by atoms with van der Waals surface area (Å²) in [6.07, 6.45) is 2.22. The fourth-order valence-electron chi connectivity index (χ4n) is 2.42. The van der Waals surface area contributed by atoms with Crippen molar-refractivity contribution in [3.8, 4) is 5.75 Å². The van der Waals surface area contributed by atoms with E-state index in [-0.39, 0.29) is 17.9 Å². The van der Waals surface area contributed by atoms with Gasteiger partial charge in [0.25, 0.3) is 0 Å². The van der Waals surface area contributed by atoms with Gasteiger partial charge in [0.1, 0.15) is 5.75 Å². The molecule has 0 fully saturated rings. The summed E-state index contributed by atoms with van der Waals surface area (Å²) in [5.41, 5.74) is 1.99. The first-order valence-electron chi connectivity index (χ1n) is 7.71. The number of hydrogen-bond acceptors (Lipinski definition) is 4. The normalized spacial score (nSPS) is 10.4. The zero-order valence-corrected chi connectivity index (χ0v) is 15.3. The van der Waals surface area contributed by atoms with E-state index in [1.807, 2.05) is 24.5 Å². The maximum absolute atomic E-state index is 12.4. The molecule has 0 saturated carbocycles. The number of nitrogens with zero attached hydrogens (tertiary/aromatic N) is 1. The van der Waals surface area contributed by atoms with E-state index in [1.54, 1.807) is 43.0 Å². The smallest absolute Gasteiger partial charge is 0.335 e. The Morgan fingerprint density at radius 1 is 1.12 bits per heavy atom. The predicted molar refractivity (Wildman–Crippen MR) is 98.4 cm³/mol. The van der Waals surface area contributed by atoms with Crippen LogP contribution < -0.4 is 4.74 Å². The number of carboxylic acids is 1. The van der Waals surface area contributed by atoms with Crippen LogP contribution in [0.25, 0.3) is 0 Å². The summed E-state index contributed by atoms with van der Waals surface area (Å²) in [4.78, 5) is 26.0. The van der Waals surface area contributed by atoms with Gasteiger partial charge >= 0.3 is 5.97 Å². The van der Waals surface area contributed by atoms with Gasteiger partial charge in [0.2, 0.25) is 5.91 Å². The van der Waals surface area contributed by atoms with Gasteiger partial charge < -0.3 is 14.7 Å². The molecule has 0 aliphatic rings. The molecule has 0 saturated heterocycles. The Labute approximate surface area is 151 Å². The number of likely N-dealkylation sites (N-methyl/N-ethyl adjacent to an activating group) is 1. The van der Waals surface area contributed by atoms with Gasteiger partial charge in [-0.05, 0) is 41.6 Å². The quantitative estimate of drug-likeness (QED) is 0.768. The summed E-state index contributed by atoms with van der Waals surface area (Å²) in [5, 5.41) is 8.90. The fraction of sp³-hybridized carbons (Fsp3) is 0.263. The molecule has 0 aliphatic heterocycles. The molecule has 0 radical (unpaired) electrons. The lowest BCUT2D eigenvalue weighted by atomic mass is 10.1. The van der Waals surface area contributed by atoms with E-state index < -0.39 is 5.97 Å². The highest BCUT2D eigenvalue weighted by Crippen LogP contribution is 2.28. The second-order valence-electron chi connectivity index (χ2n) is 5.62. The molecule has 0 spiro atoms. The monoisotopic (exact) mass is 359 g/mol. The van der Waals surface area contributed by atoms with E-state index in [1.165, 1.54) is 12.1 Å². The van der Waals surface area contributed by atoms with Gasteiger partial charge in [0, 0.05) is 18.5 Å². The summed E-state index contributed by atoms with van der Waals surface area (Å²) in [6, 6.07) is 12.3. The van der Waals surface area contributed by atoms with Crippen molar-refractivity contribution in [2.75, 3.05) is 20.4 Å². The summed E-state index contributed by atoms with van der Waals surface area (Å²) < 4.78 is 5.37. The van der Waals surface area contributed by atoms with Crippen molar-refractivity contribution >= 4 is 23.6 Å². The summed E-state index contributed by atoms with van der Waals surface area (Å²) in [5.74, 6) is -0.205. The van der Waals surface area contributed by atoms with Gasteiger partial charge in [-0.3, -0.25) is 4.79 Å². The van der Waals surface area contributed by atoms with E-state index >= 15 is 0 Å². The van der Waals surface area contributed by atoms with Gasteiger partial charge in [-0.2, -0.15) is 0 Å². The van der Waals surface area contributed by atoms with Crippen LogP contribution in [-0.2, 0) is 17.8 Å². The summed E-state index contributed by atoms with van der Waals surface area (Å²) in [6.45, 7) is 0.483. The molecule has 0 atom stereocenters. The van der Waals surface area contributed by atoms with Crippen LogP contribution in [0.5, 0.6) is 5.75 Å². The first-order valence-corrected chi connectivity index (χ1v) is 8.94. The highest BCUT2D eigenvalue weighted by atomic mass is 32.2. The minimum atomic E-state index is -0.974. The average molecular weight is 359 g/mol. The van der Waals surface area contributed by atoms with Crippen molar-refractivity contribution in [1.82, 2.24) is 4.90 Å². The maximum atomic E-state index is 12.4. The lowest BCUT2D eigenvalue weighted by Gasteiger charge is -2.18. The maximum Gasteiger partial charge on any atom is 0.335 e. The molecule has 1 N–H and O–H groups in total. The Balaban J connectivity index is 2.01. The molecular weight excluding hydrogens is 338 g/mol. The van der Waals surface area contributed by atoms with Crippen LogP contribution in [0.2, 0.25) is 0 Å². The number of methoxy groups -OCH3 is 1. The number of ether oxygens (including phenoxy) is 1. The fourth-order valence-corrected chi connectivity index (χ4v) is 2.96. The highest BCUT2D eigenvalue weighted by molar-refractivity contribution is 7.98. The van der Waals surface area contributed by atoms with Crippen LogP contribution in [0.1, 0.15) is 21.5 Å². The Morgan fingerprint density at radius 2 is 1.76 bits per heavy atom. The molecule has 0 heterocycles. The molecule has 0 aromatic heterocycles. The van der Waals surface area contributed by atoms with Crippen LogP contribution in [0.4, 0.5) is 0 Å². The Kier molecular flexibility index (Phi) is 6.47. The highest BCUT2D eigenvalue weighted by Gasteiger charge is 2.12. The molecule has 0 unspecified atom stereocenters. The number of hydrogen-bond donors (Lipinski definition) is 1. The number of carbonyl (C=O) groups is 2. The topological polar surface area (TPSA) is 66.8 Å². The number of carbonyl (C=O) groups excluding carboxylic acids is 1. The predicted octanol–water partition coefficient (Wildman–Crippen LogP) is 3.32. The van der Waals surface area contributed by atoms with Crippen LogP contribution in [0.3, 0.4) is 0 Å². The Morgan fingerprint density at radius 3 is 2.32 bits per heavy atom. The molecule has 1 amide bonds. The van der Waals surface area contributed by atoms with E-state index in [0.29, 0.717) is 6.54 Å². The van der Waals surface area contributed by atoms with Crippen molar-refractivity contribution in [2.45, 2.75) is 17.9 Å². The van der Waals surface area contributed by atoms with Gasteiger partial charge in [-0.25, -0.2) is 4.79 Å². The summed E-state index contributed by atoms with van der Waals surface area (Å²) in [7, 11) is 3.39. The van der Waals surface area contributed by atoms with E-state index in [0.717, 1.165) is 21.8 Å². The second kappa shape index (κ2) is 8.58. The lowest BCUT2D eigenvalue weighted by molar-refractivity contribution is -0.129. The van der Waals surface area contributed by atoms with Crippen molar-refractivity contribution in [3.05, 3.63) is 59.2 Å². The minimum Gasteiger partial charge on any atom is -0.496 e. The molecule has 6 heteroatoms. The lowest BCUT2D eigenvalue weighted by Crippen LogP contribution is -2.27. The van der Waals surface area contributed by atoms with E-state index in [4.69, 9.17) is 9.84 Å². The van der Waals surface area contributed by atoms with Crippen molar-refractivity contribution in [1.29, 1.82) is 0 Å². The van der Waals surface area contributed by atoms with Gasteiger partial charge in [0.05, 0.1) is 19.1 Å². The molecule has 2 aromatic rings. The van der Waals surface area contributed by atoms with E-state index in [2.05, 4.69) is 0 Å². The number of aromatic carboxylic acids is 1. The number of thioether (sulfide) groups is 1. The third-order valence-electron chi connectivity index (χ3n) is 3.85. The zero-order chi connectivity index (χ0) is 18.4. The van der Waals surface area contributed by atoms with Crippen LogP contribution in [0.15, 0.2) is 47.4 Å². The Hall–Kier alpha value is -2.47. The van der Waals surface area contributed by atoms with Crippen molar-refractivity contribution < 1.29 is 19.4 Å². The molecule has 2 rings (SSSR count). The first kappa shape index (κ1) is 18.9. The molecule has 0 bridgehead atoms. The van der Waals surface area contributed by atoms with Gasteiger partial charge in [-0.15, -0.1) is 11.8 Å².